The molecule has 1 aromatic heterocycles. The Morgan fingerprint density at radius 3 is 3.04 bits per heavy atom. The van der Waals surface area contributed by atoms with Crippen LogP contribution < -0.4 is 10.1 Å². The number of rotatable bonds is 3. The summed E-state index contributed by atoms with van der Waals surface area (Å²) in [5.74, 6) is 0.946. The number of nitrogens with one attached hydrogen (secondary N) is 2. The van der Waals surface area contributed by atoms with Gasteiger partial charge in [0.05, 0.1) is 18.2 Å². The standard InChI is InChI=1S/C21H21N3O2/c1-13-12-26-19-6-4-3-5-17(19)21(13)22-20(25)10-8-15-7-9-16-14(2)23-24-18(16)11-15/h3-11,13,21H,12H2,1-2H3,(H,22,25)(H,23,24)/b10-8+/t13-,21-/m1/s1. The second kappa shape index (κ2) is 6.67. The smallest absolute Gasteiger partial charge is 0.244 e. The molecule has 5 nitrogen and oxygen atoms in total. The minimum Gasteiger partial charge on any atom is -0.493 e. The fourth-order valence-electron chi connectivity index (χ4n) is 3.35. The molecule has 4 rings (SSSR count). The Kier molecular flexibility index (Phi) is 4.21. The molecule has 0 fully saturated rings. The minimum atomic E-state index is -0.114. The lowest BCUT2D eigenvalue weighted by Crippen LogP contribution is -2.36. The Morgan fingerprint density at radius 1 is 1.31 bits per heavy atom. The number of hydrogen-bond acceptors (Lipinski definition) is 3. The molecule has 26 heavy (non-hydrogen) atoms. The first-order valence-electron chi connectivity index (χ1n) is 8.77. The Hall–Kier alpha value is -3.08. The average molecular weight is 347 g/mol. The van der Waals surface area contributed by atoms with Gasteiger partial charge in [0.15, 0.2) is 0 Å². The molecule has 132 valence electrons. The van der Waals surface area contributed by atoms with Crippen molar-refractivity contribution in [3.63, 3.8) is 0 Å². The van der Waals surface area contributed by atoms with E-state index < -0.39 is 0 Å². The molecule has 2 heterocycles. The lowest BCUT2D eigenvalue weighted by atomic mass is 9.92. The highest BCUT2D eigenvalue weighted by Crippen LogP contribution is 2.34. The van der Waals surface area contributed by atoms with Gasteiger partial charge in [0.1, 0.15) is 5.75 Å². The summed E-state index contributed by atoms with van der Waals surface area (Å²) in [6.07, 6.45) is 3.39. The van der Waals surface area contributed by atoms with Crippen molar-refractivity contribution in [3.05, 3.63) is 65.4 Å². The van der Waals surface area contributed by atoms with Gasteiger partial charge < -0.3 is 10.1 Å². The third-order valence-corrected chi connectivity index (χ3v) is 4.82. The number of para-hydroxylation sites is 1. The van der Waals surface area contributed by atoms with Gasteiger partial charge >= 0.3 is 0 Å². The molecule has 2 atom stereocenters. The van der Waals surface area contributed by atoms with Crippen molar-refractivity contribution < 1.29 is 9.53 Å². The van der Waals surface area contributed by atoms with E-state index in [1.165, 1.54) is 0 Å². The Balaban J connectivity index is 1.50. The fraction of sp³-hybridized carbons (Fsp3) is 0.238. The molecule has 0 bridgehead atoms. The van der Waals surface area contributed by atoms with E-state index in [0.29, 0.717) is 6.61 Å². The fourth-order valence-corrected chi connectivity index (χ4v) is 3.35. The van der Waals surface area contributed by atoms with E-state index >= 15 is 0 Å². The van der Waals surface area contributed by atoms with Gasteiger partial charge in [-0.25, -0.2) is 0 Å². The molecule has 0 saturated heterocycles. The average Bonchev–Trinajstić information content (AvgIpc) is 3.03. The first-order chi connectivity index (χ1) is 12.6. The molecule has 5 heteroatoms. The summed E-state index contributed by atoms with van der Waals surface area (Å²) < 4.78 is 5.74. The van der Waals surface area contributed by atoms with E-state index in [1.54, 1.807) is 6.08 Å². The molecule has 0 saturated carbocycles. The second-order valence-corrected chi connectivity index (χ2v) is 6.77. The molecule has 0 aliphatic carbocycles. The SMILES string of the molecule is Cc1[nH]nc2cc(/C=C/C(=O)N[C@H]3c4ccccc4OC[C@H]3C)ccc12. The second-order valence-electron chi connectivity index (χ2n) is 6.77. The zero-order valence-corrected chi connectivity index (χ0v) is 14.8. The van der Waals surface area contributed by atoms with Gasteiger partial charge in [0.2, 0.25) is 5.91 Å². The normalized spacial score (nSPS) is 19.3. The summed E-state index contributed by atoms with van der Waals surface area (Å²) in [7, 11) is 0. The molecule has 2 aromatic carbocycles. The van der Waals surface area contributed by atoms with Crippen molar-refractivity contribution in [1.82, 2.24) is 15.5 Å². The quantitative estimate of drug-likeness (QED) is 0.709. The number of benzene rings is 2. The largest absolute Gasteiger partial charge is 0.493 e. The summed E-state index contributed by atoms with van der Waals surface area (Å²) in [6, 6.07) is 13.8. The number of hydrogen-bond donors (Lipinski definition) is 2. The predicted molar refractivity (Wildman–Crippen MR) is 102 cm³/mol. The van der Waals surface area contributed by atoms with Crippen molar-refractivity contribution in [2.24, 2.45) is 5.92 Å². The summed E-state index contributed by atoms with van der Waals surface area (Å²) in [5.41, 5.74) is 3.92. The van der Waals surface area contributed by atoms with Crippen LogP contribution in [0.2, 0.25) is 0 Å². The zero-order chi connectivity index (χ0) is 18.1. The number of ether oxygens (including phenoxy) is 1. The van der Waals surface area contributed by atoms with E-state index in [2.05, 4.69) is 22.4 Å². The molecular weight excluding hydrogens is 326 g/mol. The van der Waals surface area contributed by atoms with Crippen molar-refractivity contribution in [3.8, 4) is 5.75 Å². The van der Waals surface area contributed by atoms with Crippen LogP contribution in [-0.4, -0.2) is 22.7 Å². The van der Waals surface area contributed by atoms with E-state index in [4.69, 9.17) is 4.74 Å². The third kappa shape index (κ3) is 3.08. The van der Waals surface area contributed by atoms with Crippen LogP contribution in [0.4, 0.5) is 0 Å². The number of aromatic amines is 1. The monoisotopic (exact) mass is 347 g/mol. The summed E-state index contributed by atoms with van der Waals surface area (Å²) >= 11 is 0. The molecular formula is C21H21N3O2. The van der Waals surface area contributed by atoms with Gasteiger partial charge in [-0.15, -0.1) is 0 Å². The lowest BCUT2D eigenvalue weighted by Gasteiger charge is -2.31. The van der Waals surface area contributed by atoms with Crippen molar-refractivity contribution in [1.29, 1.82) is 0 Å². The molecule has 1 aliphatic rings. The number of carbonyl (C=O) groups is 1. The molecule has 3 aromatic rings. The third-order valence-electron chi connectivity index (χ3n) is 4.82. The molecule has 1 aliphatic heterocycles. The van der Waals surface area contributed by atoms with Crippen LogP contribution in [-0.2, 0) is 4.79 Å². The van der Waals surface area contributed by atoms with Gasteiger partial charge in [0.25, 0.3) is 0 Å². The van der Waals surface area contributed by atoms with E-state index in [1.807, 2.05) is 55.5 Å². The number of aryl methyl sites for hydroxylation is 1. The minimum absolute atomic E-state index is 0.0476. The lowest BCUT2D eigenvalue weighted by molar-refractivity contribution is -0.117. The predicted octanol–water partition coefficient (Wildman–Crippen LogP) is 3.77. The Labute approximate surface area is 152 Å². The molecule has 0 spiro atoms. The highest BCUT2D eigenvalue weighted by molar-refractivity contribution is 5.93. The molecule has 1 amide bonds. The van der Waals surface area contributed by atoms with Gasteiger partial charge in [-0.1, -0.05) is 37.3 Å². The summed E-state index contributed by atoms with van der Waals surface area (Å²) in [6.45, 7) is 4.67. The number of aromatic nitrogens is 2. The van der Waals surface area contributed by atoms with Crippen LogP contribution in [0.15, 0.2) is 48.5 Å². The van der Waals surface area contributed by atoms with Crippen LogP contribution in [0.3, 0.4) is 0 Å². The van der Waals surface area contributed by atoms with Gasteiger partial charge in [-0.3, -0.25) is 9.89 Å². The van der Waals surface area contributed by atoms with E-state index in [-0.39, 0.29) is 17.9 Å². The molecule has 0 unspecified atom stereocenters. The highest BCUT2D eigenvalue weighted by Gasteiger charge is 2.28. The number of carbonyl (C=O) groups excluding carboxylic acids is 1. The molecule has 2 N–H and O–H groups in total. The van der Waals surface area contributed by atoms with E-state index in [9.17, 15) is 4.79 Å². The number of amides is 1. The summed E-state index contributed by atoms with van der Waals surface area (Å²) in [5, 5.41) is 11.4. The zero-order valence-electron chi connectivity index (χ0n) is 14.8. The number of nitrogens with zero attached hydrogens (tertiary/aromatic N) is 1. The topological polar surface area (TPSA) is 67.0 Å². The van der Waals surface area contributed by atoms with Gasteiger partial charge in [0, 0.05) is 28.6 Å². The van der Waals surface area contributed by atoms with Crippen molar-refractivity contribution in [2.75, 3.05) is 6.61 Å². The Morgan fingerprint density at radius 2 is 2.15 bits per heavy atom. The maximum absolute atomic E-state index is 12.4. The summed E-state index contributed by atoms with van der Waals surface area (Å²) in [4.78, 5) is 12.4. The number of H-pyrrole nitrogens is 1. The first-order valence-corrected chi connectivity index (χ1v) is 8.77. The van der Waals surface area contributed by atoms with Crippen LogP contribution in [0.25, 0.3) is 17.0 Å². The van der Waals surface area contributed by atoms with Crippen LogP contribution in [0.5, 0.6) is 5.75 Å². The van der Waals surface area contributed by atoms with Crippen LogP contribution >= 0.6 is 0 Å². The van der Waals surface area contributed by atoms with Crippen molar-refractivity contribution in [2.45, 2.75) is 19.9 Å². The first kappa shape index (κ1) is 16.4. The van der Waals surface area contributed by atoms with Crippen LogP contribution in [0, 0.1) is 12.8 Å². The van der Waals surface area contributed by atoms with E-state index in [0.717, 1.165) is 33.5 Å². The van der Waals surface area contributed by atoms with Gasteiger partial charge in [-0.05, 0) is 30.7 Å². The highest BCUT2D eigenvalue weighted by atomic mass is 16.5. The molecule has 0 radical (unpaired) electrons. The van der Waals surface area contributed by atoms with Gasteiger partial charge in [-0.2, -0.15) is 5.10 Å². The van der Waals surface area contributed by atoms with Crippen LogP contribution in [0.1, 0.15) is 29.8 Å². The maximum atomic E-state index is 12.4. The Bertz CT molecular complexity index is 990. The maximum Gasteiger partial charge on any atom is 0.244 e. The van der Waals surface area contributed by atoms with Crippen molar-refractivity contribution >= 4 is 22.9 Å². The number of fused-ring (bicyclic) bond motifs is 2.